The molecule has 0 aliphatic carbocycles. The Morgan fingerprint density at radius 2 is 1.97 bits per heavy atom. The molecule has 4 aromatic rings. The van der Waals surface area contributed by atoms with Crippen molar-refractivity contribution < 1.29 is 19.1 Å². The zero-order valence-electron chi connectivity index (χ0n) is 15.1. The predicted molar refractivity (Wildman–Crippen MR) is 106 cm³/mol. The molecule has 3 N–H and O–H groups in total. The van der Waals surface area contributed by atoms with Crippen LogP contribution in [0.1, 0.15) is 38.6 Å². The van der Waals surface area contributed by atoms with E-state index in [2.05, 4.69) is 20.3 Å². The number of thiophene rings is 1. The molecule has 1 unspecified atom stereocenters. The van der Waals surface area contributed by atoms with Crippen molar-refractivity contribution in [2.24, 2.45) is 0 Å². The van der Waals surface area contributed by atoms with E-state index < -0.39 is 5.97 Å². The monoisotopic (exact) mass is 410 g/mol. The summed E-state index contributed by atoms with van der Waals surface area (Å²) < 4.78 is 13.1. The van der Waals surface area contributed by atoms with Gasteiger partial charge < -0.3 is 15.4 Å². The third-order valence-electron chi connectivity index (χ3n) is 4.41. The van der Waals surface area contributed by atoms with E-state index >= 15 is 0 Å². The third kappa shape index (κ3) is 3.72. The van der Waals surface area contributed by atoms with Crippen LogP contribution in [0.25, 0.3) is 21.7 Å². The summed E-state index contributed by atoms with van der Waals surface area (Å²) >= 11 is 1.23. The number of hydrogen-bond acceptors (Lipinski definition) is 5. The van der Waals surface area contributed by atoms with E-state index in [0.717, 1.165) is 5.56 Å². The van der Waals surface area contributed by atoms with E-state index in [4.69, 9.17) is 0 Å². The molecule has 29 heavy (non-hydrogen) atoms. The summed E-state index contributed by atoms with van der Waals surface area (Å²) in [6.07, 6.45) is 2.88. The quantitative estimate of drug-likeness (QED) is 0.461. The van der Waals surface area contributed by atoms with E-state index in [1.54, 1.807) is 24.3 Å². The average Bonchev–Trinajstić information content (AvgIpc) is 3.35. The van der Waals surface area contributed by atoms with Gasteiger partial charge in [0.05, 0.1) is 27.7 Å². The van der Waals surface area contributed by atoms with Gasteiger partial charge in [0.1, 0.15) is 16.9 Å². The molecule has 1 aromatic carbocycles. The lowest BCUT2D eigenvalue weighted by molar-refractivity contribution is 0.0698. The number of carbonyl (C=O) groups excluding carboxylic acids is 1. The predicted octanol–water partition coefficient (Wildman–Crippen LogP) is 4.01. The van der Waals surface area contributed by atoms with Crippen molar-refractivity contribution in [2.45, 2.75) is 13.0 Å². The van der Waals surface area contributed by atoms with Crippen molar-refractivity contribution in [3.05, 3.63) is 70.6 Å². The molecule has 1 atom stereocenters. The SMILES string of the molecule is CC(NC(=O)c1ccc(-c2cnc3[nH]cc(C(=O)O)c3n2)s1)c1ccc(F)cc1. The molecule has 0 fully saturated rings. The first-order valence-corrected chi connectivity index (χ1v) is 9.48. The number of carbonyl (C=O) groups is 2. The zero-order chi connectivity index (χ0) is 20.5. The van der Waals surface area contributed by atoms with E-state index in [9.17, 15) is 19.1 Å². The highest BCUT2D eigenvalue weighted by Crippen LogP contribution is 2.28. The van der Waals surface area contributed by atoms with Crippen LogP contribution >= 0.6 is 11.3 Å². The fraction of sp³-hybridized carbons (Fsp3) is 0.100. The summed E-state index contributed by atoms with van der Waals surface area (Å²) in [7, 11) is 0. The lowest BCUT2D eigenvalue weighted by Gasteiger charge is -2.13. The summed E-state index contributed by atoms with van der Waals surface area (Å²) in [5.74, 6) is -1.69. The average molecular weight is 410 g/mol. The van der Waals surface area contributed by atoms with Crippen LogP contribution in [0, 0.1) is 5.82 Å². The lowest BCUT2D eigenvalue weighted by atomic mass is 10.1. The number of amides is 1. The topological polar surface area (TPSA) is 108 Å². The van der Waals surface area contributed by atoms with Crippen LogP contribution < -0.4 is 5.32 Å². The number of H-pyrrole nitrogens is 1. The molecule has 0 saturated carbocycles. The molecule has 146 valence electrons. The minimum Gasteiger partial charge on any atom is -0.478 e. The van der Waals surface area contributed by atoms with Crippen molar-refractivity contribution in [1.82, 2.24) is 20.3 Å². The number of aromatic nitrogens is 3. The van der Waals surface area contributed by atoms with E-state index in [1.807, 2.05) is 6.92 Å². The maximum atomic E-state index is 13.1. The number of carboxylic acids is 1. The minimum atomic E-state index is -1.09. The summed E-state index contributed by atoms with van der Waals surface area (Å²) in [5, 5.41) is 12.1. The fourth-order valence-electron chi connectivity index (χ4n) is 2.87. The Balaban J connectivity index is 1.55. The van der Waals surface area contributed by atoms with Gasteiger partial charge in [0, 0.05) is 6.20 Å². The van der Waals surface area contributed by atoms with Crippen LogP contribution in [-0.4, -0.2) is 31.9 Å². The number of nitrogens with zero attached hydrogens (tertiary/aromatic N) is 2. The number of aromatic amines is 1. The molecule has 0 radical (unpaired) electrons. The van der Waals surface area contributed by atoms with Gasteiger partial charge in [0.2, 0.25) is 0 Å². The first-order chi connectivity index (χ1) is 13.9. The van der Waals surface area contributed by atoms with Gasteiger partial charge in [-0.25, -0.2) is 19.2 Å². The van der Waals surface area contributed by atoms with Gasteiger partial charge >= 0.3 is 5.97 Å². The first-order valence-electron chi connectivity index (χ1n) is 8.66. The number of fused-ring (bicyclic) bond motifs is 1. The highest BCUT2D eigenvalue weighted by Gasteiger charge is 2.17. The molecule has 4 rings (SSSR count). The van der Waals surface area contributed by atoms with Crippen LogP contribution in [0.2, 0.25) is 0 Å². The van der Waals surface area contributed by atoms with Crippen molar-refractivity contribution in [3.8, 4) is 10.6 Å². The normalized spacial score (nSPS) is 12.1. The number of carboxylic acid groups (broad SMARTS) is 1. The van der Waals surface area contributed by atoms with Crippen LogP contribution in [0.3, 0.4) is 0 Å². The Bertz CT molecular complexity index is 1220. The Morgan fingerprint density at radius 3 is 2.69 bits per heavy atom. The summed E-state index contributed by atoms with van der Waals surface area (Å²) in [6.45, 7) is 1.82. The second-order valence-corrected chi connectivity index (χ2v) is 7.45. The van der Waals surface area contributed by atoms with Crippen molar-refractivity contribution in [1.29, 1.82) is 0 Å². The number of nitrogens with one attached hydrogen (secondary N) is 2. The Hall–Kier alpha value is -3.59. The Morgan fingerprint density at radius 1 is 1.21 bits per heavy atom. The molecule has 0 aliphatic rings. The van der Waals surface area contributed by atoms with Crippen LogP contribution in [0.5, 0.6) is 0 Å². The highest BCUT2D eigenvalue weighted by atomic mass is 32.1. The first kappa shape index (κ1) is 18.8. The molecule has 7 nitrogen and oxygen atoms in total. The smallest absolute Gasteiger partial charge is 0.339 e. The number of aromatic carboxylic acids is 1. The van der Waals surface area contributed by atoms with Gasteiger partial charge in [-0.05, 0) is 36.8 Å². The molecule has 0 saturated heterocycles. The van der Waals surface area contributed by atoms with Gasteiger partial charge in [0.15, 0.2) is 5.65 Å². The number of hydrogen-bond donors (Lipinski definition) is 3. The number of rotatable bonds is 5. The maximum Gasteiger partial charge on any atom is 0.339 e. The fourth-order valence-corrected chi connectivity index (χ4v) is 3.74. The van der Waals surface area contributed by atoms with Crippen LogP contribution in [-0.2, 0) is 0 Å². The minimum absolute atomic E-state index is 0.0389. The van der Waals surface area contributed by atoms with Gasteiger partial charge in [-0.15, -0.1) is 11.3 Å². The summed E-state index contributed by atoms with van der Waals surface area (Å²) in [5.41, 5.74) is 1.96. The van der Waals surface area contributed by atoms with Gasteiger partial charge in [-0.1, -0.05) is 12.1 Å². The van der Waals surface area contributed by atoms with Crippen LogP contribution in [0.4, 0.5) is 4.39 Å². The second-order valence-electron chi connectivity index (χ2n) is 6.37. The second kappa shape index (κ2) is 7.44. The molecule has 0 aliphatic heterocycles. The van der Waals surface area contributed by atoms with Crippen molar-refractivity contribution >= 4 is 34.4 Å². The molecule has 9 heteroatoms. The molecular formula is C20H15FN4O3S. The zero-order valence-corrected chi connectivity index (χ0v) is 16.0. The Kier molecular flexibility index (Phi) is 4.81. The van der Waals surface area contributed by atoms with E-state index in [1.165, 1.54) is 35.9 Å². The molecule has 1 amide bonds. The van der Waals surface area contributed by atoms with Gasteiger partial charge in [-0.3, -0.25) is 4.79 Å². The van der Waals surface area contributed by atoms with Crippen molar-refractivity contribution in [2.75, 3.05) is 0 Å². The lowest BCUT2D eigenvalue weighted by Crippen LogP contribution is -2.25. The third-order valence-corrected chi connectivity index (χ3v) is 5.52. The number of halogens is 1. The number of benzene rings is 1. The molecule has 3 heterocycles. The van der Waals surface area contributed by atoms with E-state index in [0.29, 0.717) is 21.1 Å². The maximum absolute atomic E-state index is 13.1. The van der Waals surface area contributed by atoms with Crippen LogP contribution in [0.15, 0.2) is 48.8 Å². The van der Waals surface area contributed by atoms with Gasteiger partial charge in [0.25, 0.3) is 5.91 Å². The van der Waals surface area contributed by atoms with E-state index in [-0.39, 0.29) is 28.8 Å². The molecule has 0 bridgehead atoms. The molecule has 3 aromatic heterocycles. The highest BCUT2D eigenvalue weighted by molar-refractivity contribution is 7.17. The Labute approximate surface area is 168 Å². The van der Waals surface area contributed by atoms with Crippen molar-refractivity contribution in [3.63, 3.8) is 0 Å². The van der Waals surface area contributed by atoms with Gasteiger partial charge in [-0.2, -0.15) is 0 Å². The largest absolute Gasteiger partial charge is 0.478 e. The summed E-state index contributed by atoms with van der Waals surface area (Å²) in [4.78, 5) is 36.4. The summed E-state index contributed by atoms with van der Waals surface area (Å²) in [6, 6.07) is 9.08. The standard InChI is InChI=1S/C20H15FN4O3S/c1-10(11-2-4-12(21)5-3-11)24-19(26)16-7-6-15(29-16)14-9-23-18-17(25-14)13(8-22-18)20(27)28/h2-10H,1H3,(H,22,23)(H,24,26)(H,27,28). The molecular weight excluding hydrogens is 395 g/mol. The molecule has 0 spiro atoms.